The van der Waals surface area contributed by atoms with E-state index in [0.29, 0.717) is 0 Å². The van der Waals surface area contributed by atoms with Crippen LogP contribution < -0.4 is 9.47 Å². The van der Waals surface area contributed by atoms with Gasteiger partial charge in [-0.15, -0.1) is 0 Å². The molecule has 3 nitrogen and oxygen atoms in total. The molecule has 0 aliphatic carbocycles. The van der Waals surface area contributed by atoms with Crippen molar-refractivity contribution in [3.05, 3.63) is 22.3 Å². The first-order valence-corrected chi connectivity index (χ1v) is 6.96. The average molecular weight is 278 g/mol. The van der Waals surface area contributed by atoms with E-state index < -0.39 is 0 Å². The Bertz CT molecular complexity index is 502. The summed E-state index contributed by atoms with van der Waals surface area (Å²) >= 11 is 0. The van der Waals surface area contributed by atoms with Crippen LogP contribution in [0.3, 0.4) is 0 Å². The van der Waals surface area contributed by atoms with Crippen molar-refractivity contribution in [2.45, 2.75) is 47.5 Å². The van der Waals surface area contributed by atoms with E-state index >= 15 is 0 Å². The molecule has 20 heavy (non-hydrogen) atoms. The Kier molecular flexibility index (Phi) is 5.21. The molecule has 0 bridgehead atoms. The highest BCUT2D eigenvalue weighted by Crippen LogP contribution is 2.39. The number of carbonyl (C=O) groups excluding carboxylic acids is 1. The smallest absolute Gasteiger partial charge is 0.125 e. The van der Waals surface area contributed by atoms with Crippen molar-refractivity contribution in [2.24, 2.45) is 5.41 Å². The van der Waals surface area contributed by atoms with Crippen molar-refractivity contribution in [3.63, 3.8) is 0 Å². The zero-order valence-corrected chi connectivity index (χ0v) is 13.7. The molecule has 3 heteroatoms. The number of rotatable bonds is 6. The summed E-state index contributed by atoms with van der Waals surface area (Å²) in [6, 6.07) is 0. The molecule has 0 aliphatic rings. The van der Waals surface area contributed by atoms with E-state index in [4.69, 9.17) is 9.47 Å². The maximum atomic E-state index is 11.1. The van der Waals surface area contributed by atoms with E-state index in [-0.39, 0.29) is 5.41 Å². The molecule has 0 atom stereocenters. The van der Waals surface area contributed by atoms with Crippen LogP contribution >= 0.6 is 0 Å². The van der Waals surface area contributed by atoms with Gasteiger partial charge in [-0.1, -0.05) is 13.8 Å². The minimum absolute atomic E-state index is 0.316. The van der Waals surface area contributed by atoms with Crippen molar-refractivity contribution in [2.75, 3.05) is 14.2 Å². The van der Waals surface area contributed by atoms with E-state index in [1.165, 1.54) is 0 Å². The highest BCUT2D eigenvalue weighted by Gasteiger charge is 2.22. The van der Waals surface area contributed by atoms with E-state index in [0.717, 1.165) is 52.9 Å². The largest absolute Gasteiger partial charge is 0.496 e. The summed E-state index contributed by atoms with van der Waals surface area (Å²) < 4.78 is 11.1. The third-order valence-electron chi connectivity index (χ3n) is 4.06. The third-order valence-corrected chi connectivity index (χ3v) is 4.06. The Morgan fingerprint density at radius 3 is 1.90 bits per heavy atom. The predicted octanol–water partition coefficient (Wildman–Crippen LogP) is 3.79. The lowest BCUT2D eigenvalue weighted by Crippen LogP contribution is -2.15. The van der Waals surface area contributed by atoms with Gasteiger partial charge in [0.15, 0.2) is 0 Å². The van der Waals surface area contributed by atoms with Crippen molar-refractivity contribution in [3.8, 4) is 11.5 Å². The molecule has 1 rings (SSSR count). The maximum absolute atomic E-state index is 11.1. The summed E-state index contributed by atoms with van der Waals surface area (Å²) in [6.45, 7) is 10.1. The van der Waals surface area contributed by atoms with Gasteiger partial charge in [-0.2, -0.15) is 0 Å². The van der Waals surface area contributed by atoms with Crippen LogP contribution in [0.25, 0.3) is 0 Å². The van der Waals surface area contributed by atoms with Gasteiger partial charge in [-0.25, -0.2) is 0 Å². The second kappa shape index (κ2) is 6.29. The molecule has 0 amide bonds. The summed E-state index contributed by atoms with van der Waals surface area (Å²) in [6.07, 6.45) is 2.62. The SMILES string of the molecule is COc1c(C)c(C)c(OC)c(CCC(C)(C)C=O)c1C. The van der Waals surface area contributed by atoms with Gasteiger partial charge in [0.2, 0.25) is 0 Å². The van der Waals surface area contributed by atoms with Gasteiger partial charge in [0, 0.05) is 11.0 Å². The molecular formula is C17H26O3. The molecule has 0 heterocycles. The minimum Gasteiger partial charge on any atom is -0.496 e. The standard InChI is InChI=1S/C17H26O3/c1-11-12(2)16(20-7)14(13(3)15(11)19-6)8-9-17(4,5)10-18/h10H,8-9H2,1-7H3. The fraction of sp³-hybridized carbons (Fsp3) is 0.588. The van der Waals surface area contributed by atoms with Crippen LogP contribution in [0.1, 0.15) is 42.5 Å². The van der Waals surface area contributed by atoms with Crippen molar-refractivity contribution < 1.29 is 14.3 Å². The fourth-order valence-corrected chi connectivity index (χ4v) is 2.55. The quantitative estimate of drug-likeness (QED) is 0.743. The van der Waals surface area contributed by atoms with Crippen LogP contribution in [-0.2, 0) is 11.2 Å². The van der Waals surface area contributed by atoms with Gasteiger partial charge in [-0.05, 0) is 50.3 Å². The Labute approximate surface area is 122 Å². The molecular weight excluding hydrogens is 252 g/mol. The molecule has 0 saturated heterocycles. The van der Waals surface area contributed by atoms with E-state index in [1.807, 2.05) is 27.7 Å². The first-order chi connectivity index (χ1) is 9.29. The van der Waals surface area contributed by atoms with Crippen LogP contribution in [0.2, 0.25) is 0 Å². The van der Waals surface area contributed by atoms with Crippen molar-refractivity contribution in [1.29, 1.82) is 0 Å². The van der Waals surface area contributed by atoms with Crippen LogP contribution in [0.15, 0.2) is 0 Å². The molecule has 112 valence electrons. The zero-order chi connectivity index (χ0) is 15.5. The van der Waals surface area contributed by atoms with Gasteiger partial charge < -0.3 is 14.3 Å². The van der Waals surface area contributed by atoms with Crippen LogP contribution in [0, 0.1) is 26.2 Å². The lowest BCUT2D eigenvalue weighted by atomic mass is 9.85. The average Bonchev–Trinajstić information content (AvgIpc) is 2.42. The molecule has 0 radical (unpaired) electrons. The highest BCUT2D eigenvalue weighted by atomic mass is 16.5. The molecule has 0 saturated carbocycles. The van der Waals surface area contributed by atoms with E-state index in [2.05, 4.69) is 6.92 Å². The number of benzene rings is 1. The number of carbonyl (C=O) groups is 1. The van der Waals surface area contributed by atoms with Crippen LogP contribution in [-0.4, -0.2) is 20.5 Å². The summed E-state index contributed by atoms with van der Waals surface area (Å²) in [5, 5.41) is 0. The molecule has 0 aliphatic heterocycles. The van der Waals surface area contributed by atoms with Gasteiger partial charge in [0.05, 0.1) is 14.2 Å². The lowest BCUT2D eigenvalue weighted by Gasteiger charge is -2.23. The highest BCUT2D eigenvalue weighted by molar-refractivity contribution is 5.60. The van der Waals surface area contributed by atoms with E-state index in [9.17, 15) is 4.79 Å². The first kappa shape index (κ1) is 16.5. The second-order valence-electron chi connectivity index (χ2n) is 6.03. The Balaban J connectivity index is 3.30. The van der Waals surface area contributed by atoms with Crippen LogP contribution in [0.5, 0.6) is 11.5 Å². The molecule has 0 fully saturated rings. The maximum Gasteiger partial charge on any atom is 0.125 e. The number of ether oxygens (including phenoxy) is 2. The number of methoxy groups -OCH3 is 2. The number of hydrogen-bond donors (Lipinski definition) is 0. The van der Waals surface area contributed by atoms with Gasteiger partial charge in [0.25, 0.3) is 0 Å². The van der Waals surface area contributed by atoms with Gasteiger partial charge >= 0.3 is 0 Å². The van der Waals surface area contributed by atoms with Crippen molar-refractivity contribution in [1.82, 2.24) is 0 Å². The predicted molar refractivity (Wildman–Crippen MR) is 81.9 cm³/mol. The first-order valence-electron chi connectivity index (χ1n) is 6.96. The van der Waals surface area contributed by atoms with Gasteiger partial charge in [-0.3, -0.25) is 0 Å². The van der Waals surface area contributed by atoms with E-state index in [1.54, 1.807) is 14.2 Å². The summed E-state index contributed by atoms with van der Waals surface area (Å²) in [5.74, 6) is 1.84. The Morgan fingerprint density at radius 1 is 0.950 bits per heavy atom. The summed E-state index contributed by atoms with van der Waals surface area (Å²) in [4.78, 5) is 11.1. The molecule has 0 N–H and O–H groups in total. The zero-order valence-electron chi connectivity index (χ0n) is 13.7. The normalized spacial score (nSPS) is 11.3. The summed E-state index contributed by atoms with van der Waals surface area (Å²) in [7, 11) is 3.39. The molecule has 0 unspecified atom stereocenters. The third kappa shape index (κ3) is 3.14. The van der Waals surface area contributed by atoms with Gasteiger partial charge in [0.1, 0.15) is 17.8 Å². The summed E-state index contributed by atoms with van der Waals surface area (Å²) in [5.41, 5.74) is 4.15. The Morgan fingerprint density at radius 2 is 1.45 bits per heavy atom. The molecule has 0 spiro atoms. The molecule has 0 aromatic heterocycles. The monoisotopic (exact) mass is 278 g/mol. The molecule has 1 aromatic rings. The number of aldehydes is 1. The lowest BCUT2D eigenvalue weighted by molar-refractivity contribution is -0.114. The Hall–Kier alpha value is -1.51. The van der Waals surface area contributed by atoms with Crippen LogP contribution in [0.4, 0.5) is 0 Å². The topological polar surface area (TPSA) is 35.5 Å². The van der Waals surface area contributed by atoms with Crippen molar-refractivity contribution >= 4 is 6.29 Å². The minimum atomic E-state index is -0.316. The molecule has 1 aromatic carbocycles. The number of hydrogen-bond acceptors (Lipinski definition) is 3. The fourth-order valence-electron chi connectivity index (χ4n) is 2.55. The second-order valence-corrected chi connectivity index (χ2v) is 6.03.